The number of carbonyl (C=O) groups excluding carboxylic acids is 1. The monoisotopic (exact) mass is 327 g/mol. The Labute approximate surface area is 141 Å². The number of rotatable bonds is 3. The van der Waals surface area contributed by atoms with Crippen LogP contribution in [0.3, 0.4) is 0 Å². The van der Waals surface area contributed by atoms with E-state index in [2.05, 4.69) is 0 Å². The number of ether oxygens (including phenoxy) is 2. The second-order valence-electron chi connectivity index (χ2n) is 5.92. The van der Waals surface area contributed by atoms with Crippen molar-refractivity contribution >= 4 is 11.6 Å². The van der Waals surface area contributed by atoms with Crippen molar-refractivity contribution in [3.8, 4) is 11.5 Å². The van der Waals surface area contributed by atoms with Crippen LogP contribution in [0.25, 0.3) is 0 Å². The molecule has 1 atom stereocenters. The van der Waals surface area contributed by atoms with Gasteiger partial charge in [0.05, 0.1) is 20.3 Å². The van der Waals surface area contributed by atoms with E-state index in [-0.39, 0.29) is 5.91 Å². The second kappa shape index (κ2) is 6.53. The fourth-order valence-electron chi connectivity index (χ4n) is 3.01. The van der Waals surface area contributed by atoms with Gasteiger partial charge in [-0.15, -0.1) is 0 Å². The van der Waals surface area contributed by atoms with E-state index in [1.165, 1.54) is 0 Å². The highest BCUT2D eigenvalue weighted by atomic mass is 16.5. The standard InChI is InChI=1S/C19H21NO4/c1-12-4-5-17-16(8-12)18(21)6-7-20(17)19(22)13-9-14(23-2)11-15(10-13)24-3/h4-5,8-11,18,21H,6-7H2,1-3H3. The first-order valence-electron chi connectivity index (χ1n) is 7.87. The molecule has 1 N–H and O–H groups in total. The first-order chi connectivity index (χ1) is 11.5. The summed E-state index contributed by atoms with van der Waals surface area (Å²) in [6, 6.07) is 10.9. The van der Waals surface area contributed by atoms with Gasteiger partial charge in [-0.1, -0.05) is 17.7 Å². The van der Waals surface area contributed by atoms with Crippen LogP contribution in [0, 0.1) is 6.92 Å². The van der Waals surface area contributed by atoms with Crippen molar-refractivity contribution in [3.63, 3.8) is 0 Å². The first kappa shape index (κ1) is 16.3. The number of amides is 1. The number of fused-ring (bicyclic) bond motifs is 1. The molecule has 0 fully saturated rings. The molecule has 0 bridgehead atoms. The third-order valence-electron chi connectivity index (χ3n) is 4.30. The number of aliphatic hydroxyl groups excluding tert-OH is 1. The summed E-state index contributed by atoms with van der Waals surface area (Å²) >= 11 is 0. The van der Waals surface area contributed by atoms with Gasteiger partial charge in [0.1, 0.15) is 11.5 Å². The number of aryl methyl sites for hydroxylation is 1. The van der Waals surface area contributed by atoms with Gasteiger partial charge < -0.3 is 19.5 Å². The predicted molar refractivity (Wildman–Crippen MR) is 92.0 cm³/mol. The zero-order valence-corrected chi connectivity index (χ0v) is 14.1. The van der Waals surface area contributed by atoms with E-state index in [1.807, 2.05) is 25.1 Å². The van der Waals surface area contributed by atoms with Crippen LogP contribution in [0.15, 0.2) is 36.4 Å². The lowest BCUT2D eigenvalue weighted by molar-refractivity contribution is 0.0970. The largest absolute Gasteiger partial charge is 0.497 e. The van der Waals surface area contributed by atoms with Crippen molar-refractivity contribution in [3.05, 3.63) is 53.1 Å². The van der Waals surface area contributed by atoms with Gasteiger partial charge in [-0.2, -0.15) is 0 Å². The van der Waals surface area contributed by atoms with Crippen molar-refractivity contribution in [1.29, 1.82) is 0 Å². The number of hydrogen-bond acceptors (Lipinski definition) is 4. The topological polar surface area (TPSA) is 59.0 Å². The molecule has 0 saturated carbocycles. The number of anilines is 1. The van der Waals surface area contributed by atoms with Gasteiger partial charge in [-0.3, -0.25) is 4.79 Å². The Bertz CT molecular complexity index is 750. The maximum atomic E-state index is 13.0. The third kappa shape index (κ3) is 2.95. The van der Waals surface area contributed by atoms with Gasteiger partial charge in [0, 0.05) is 29.4 Å². The summed E-state index contributed by atoms with van der Waals surface area (Å²) in [5, 5.41) is 10.2. The van der Waals surface area contributed by atoms with Gasteiger partial charge >= 0.3 is 0 Å². The van der Waals surface area contributed by atoms with Crippen molar-refractivity contribution < 1.29 is 19.4 Å². The molecule has 1 aliphatic heterocycles. The van der Waals surface area contributed by atoms with E-state index < -0.39 is 6.10 Å². The van der Waals surface area contributed by atoms with Crippen LogP contribution in [0.1, 0.15) is 34.0 Å². The summed E-state index contributed by atoms with van der Waals surface area (Å²) in [5.41, 5.74) is 3.11. The molecule has 1 amide bonds. The summed E-state index contributed by atoms with van der Waals surface area (Å²) in [5.74, 6) is 1.00. The normalized spacial score (nSPS) is 16.5. The molecule has 0 aromatic heterocycles. The van der Waals surface area contributed by atoms with E-state index in [0.29, 0.717) is 30.0 Å². The Morgan fingerprint density at radius 3 is 2.42 bits per heavy atom. The molecule has 2 aromatic carbocycles. The summed E-state index contributed by atoms with van der Waals surface area (Å²) in [6.07, 6.45) is -0.0210. The molecule has 24 heavy (non-hydrogen) atoms. The number of methoxy groups -OCH3 is 2. The number of carbonyl (C=O) groups is 1. The summed E-state index contributed by atoms with van der Waals surface area (Å²) in [4.78, 5) is 14.7. The molecule has 0 aliphatic carbocycles. The highest BCUT2D eigenvalue weighted by molar-refractivity contribution is 6.07. The maximum absolute atomic E-state index is 13.0. The Balaban J connectivity index is 2.01. The molecule has 3 rings (SSSR count). The van der Waals surface area contributed by atoms with Crippen molar-refractivity contribution in [2.75, 3.05) is 25.7 Å². The molecule has 1 unspecified atom stereocenters. The Morgan fingerprint density at radius 2 is 1.79 bits per heavy atom. The SMILES string of the molecule is COc1cc(OC)cc(C(=O)N2CCC(O)c3cc(C)ccc32)c1. The van der Waals surface area contributed by atoms with E-state index in [1.54, 1.807) is 37.3 Å². The van der Waals surface area contributed by atoms with Gasteiger partial charge in [0.15, 0.2) is 0 Å². The fraction of sp³-hybridized carbons (Fsp3) is 0.316. The molecule has 2 aromatic rings. The lowest BCUT2D eigenvalue weighted by Crippen LogP contribution is -2.36. The second-order valence-corrected chi connectivity index (χ2v) is 5.92. The molecule has 5 heteroatoms. The number of hydrogen-bond donors (Lipinski definition) is 1. The molecule has 0 spiro atoms. The maximum Gasteiger partial charge on any atom is 0.258 e. The zero-order valence-electron chi connectivity index (χ0n) is 14.1. The van der Waals surface area contributed by atoms with Gasteiger partial charge in [0.25, 0.3) is 5.91 Å². The smallest absolute Gasteiger partial charge is 0.258 e. The molecule has 0 radical (unpaired) electrons. The Morgan fingerprint density at radius 1 is 1.12 bits per heavy atom. The summed E-state index contributed by atoms with van der Waals surface area (Å²) < 4.78 is 10.5. The summed E-state index contributed by atoms with van der Waals surface area (Å²) in [7, 11) is 3.11. The zero-order chi connectivity index (χ0) is 17.3. The van der Waals surface area contributed by atoms with Crippen LogP contribution in [-0.2, 0) is 0 Å². The van der Waals surface area contributed by atoms with Crippen molar-refractivity contribution in [2.45, 2.75) is 19.4 Å². The van der Waals surface area contributed by atoms with E-state index in [4.69, 9.17) is 9.47 Å². The van der Waals surface area contributed by atoms with Gasteiger partial charge in [-0.25, -0.2) is 0 Å². The van der Waals surface area contributed by atoms with Crippen LogP contribution < -0.4 is 14.4 Å². The van der Waals surface area contributed by atoms with Gasteiger partial charge in [-0.05, 0) is 31.5 Å². The first-order valence-corrected chi connectivity index (χ1v) is 7.87. The highest BCUT2D eigenvalue weighted by Crippen LogP contribution is 2.36. The molecule has 126 valence electrons. The van der Waals surface area contributed by atoms with E-state index in [9.17, 15) is 9.90 Å². The van der Waals surface area contributed by atoms with Crippen LogP contribution in [-0.4, -0.2) is 31.8 Å². The molecule has 0 saturated heterocycles. The number of aliphatic hydroxyl groups is 1. The minimum atomic E-state index is -0.538. The molecule has 1 heterocycles. The van der Waals surface area contributed by atoms with Crippen LogP contribution >= 0.6 is 0 Å². The van der Waals surface area contributed by atoms with E-state index in [0.717, 1.165) is 16.8 Å². The van der Waals surface area contributed by atoms with E-state index >= 15 is 0 Å². The minimum absolute atomic E-state index is 0.135. The average molecular weight is 327 g/mol. The predicted octanol–water partition coefficient (Wildman–Crippen LogP) is 3.10. The van der Waals surface area contributed by atoms with Crippen LogP contribution in [0.4, 0.5) is 5.69 Å². The third-order valence-corrected chi connectivity index (χ3v) is 4.30. The average Bonchev–Trinajstić information content (AvgIpc) is 2.61. The molecule has 5 nitrogen and oxygen atoms in total. The number of nitrogens with zero attached hydrogens (tertiary/aromatic N) is 1. The van der Waals surface area contributed by atoms with Crippen LogP contribution in [0.5, 0.6) is 11.5 Å². The summed E-state index contributed by atoms with van der Waals surface area (Å²) in [6.45, 7) is 2.44. The molecule has 1 aliphatic rings. The Hall–Kier alpha value is -2.53. The van der Waals surface area contributed by atoms with Crippen molar-refractivity contribution in [2.24, 2.45) is 0 Å². The molecular weight excluding hydrogens is 306 g/mol. The number of benzene rings is 2. The van der Waals surface area contributed by atoms with Crippen LogP contribution in [0.2, 0.25) is 0 Å². The highest BCUT2D eigenvalue weighted by Gasteiger charge is 2.28. The molecular formula is C19H21NO4. The van der Waals surface area contributed by atoms with Crippen molar-refractivity contribution in [1.82, 2.24) is 0 Å². The quantitative estimate of drug-likeness (QED) is 0.941. The van der Waals surface area contributed by atoms with Gasteiger partial charge in [0.2, 0.25) is 0 Å². The lowest BCUT2D eigenvalue weighted by Gasteiger charge is -2.32. The fourth-order valence-corrected chi connectivity index (χ4v) is 3.01. The lowest BCUT2D eigenvalue weighted by atomic mass is 9.96. The Kier molecular flexibility index (Phi) is 4.44. The minimum Gasteiger partial charge on any atom is -0.497 e.